The Morgan fingerprint density at radius 3 is 2.41 bits per heavy atom. The van der Waals surface area contributed by atoms with Crippen molar-refractivity contribution in [3.05, 3.63) is 29.8 Å². The van der Waals surface area contributed by atoms with E-state index in [1.807, 2.05) is 24.3 Å². The topological polar surface area (TPSA) is 58.6 Å². The van der Waals surface area contributed by atoms with Crippen LogP contribution in [0.2, 0.25) is 0 Å². The van der Waals surface area contributed by atoms with E-state index in [4.69, 9.17) is 4.74 Å². The summed E-state index contributed by atoms with van der Waals surface area (Å²) in [5, 5.41) is 12.9. The largest absolute Gasteiger partial charge is 0.380 e. The van der Waals surface area contributed by atoms with Crippen molar-refractivity contribution >= 4 is 11.6 Å². The lowest BCUT2D eigenvalue weighted by molar-refractivity contribution is -0.184. The predicted octanol–water partition coefficient (Wildman–Crippen LogP) is 1.25. The lowest BCUT2D eigenvalue weighted by Gasteiger charge is -2.36. The summed E-state index contributed by atoms with van der Waals surface area (Å²) in [4.78, 5) is 11.5. The van der Waals surface area contributed by atoms with Gasteiger partial charge in [0.2, 0.25) is 5.91 Å². The minimum Gasteiger partial charge on any atom is -0.380 e. The minimum atomic E-state index is -0.834. The number of anilines is 1. The molecule has 0 atom stereocenters. The molecule has 1 saturated heterocycles. The fourth-order valence-corrected chi connectivity index (χ4v) is 1.92. The van der Waals surface area contributed by atoms with Gasteiger partial charge in [-0.05, 0) is 30.5 Å². The van der Waals surface area contributed by atoms with Crippen molar-refractivity contribution in [2.75, 3.05) is 18.5 Å². The molecular weight excluding hydrogens is 218 g/mol. The molecule has 2 aliphatic rings. The first kappa shape index (κ1) is 10.7. The molecule has 4 heteroatoms. The monoisotopic (exact) mass is 233 g/mol. The van der Waals surface area contributed by atoms with Gasteiger partial charge in [0, 0.05) is 11.6 Å². The van der Waals surface area contributed by atoms with Crippen LogP contribution in [0.15, 0.2) is 24.3 Å². The molecule has 4 nitrogen and oxygen atoms in total. The van der Waals surface area contributed by atoms with Crippen LogP contribution < -0.4 is 5.32 Å². The molecule has 0 unspecified atom stereocenters. The molecule has 1 aliphatic heterocycles. The van der Waals surface area contributed by atoms with Crippen molar-refractivity contribution in [3.8, 4) is 0 Å². The molecule has 0 aromatic heterocycles. The third kappa shape index (κ3) is 2.06. The maximum Gasteiger partial charge on any atom is 0.227 e. The van der Waals surface area contributed by atoms with Crippen molar-refractivity contribution in [1.29, 1.82) is 0 Å². The van der Waals surface area contributed by atoms with Crippen molar-refractivity contribution < 1.29 is 14.6 Å². The Bertz CT molecular complexity index is 432. The van der Waals surface area contributed by atoms with Gasteiger partial charge in [0.15, 0.2) is 0 Å². The van der Waals surface area contributed by atoms with Gasteiger partial charge in [-0.25, -0.2) is 0 Å². The molecule has 2 N–H and O–H groups in total. The second kappa shape index (κ2) is 3.82. The van der Waals surface area contributed by atoms with Gasteiger partial charge in [-0.3, -0.25) is 4.79 Å². The molecule has 1 heterocycles. The van der Waals surface area contributed by atoms with E-state index in [2.05, 4.69) is 5.32 Å². The van der Waals surface area contributed by atoms with Gasteiger partial charge in [0.05, 0.1) is 13.2 Å². The second-order valence-corrected chi connectivity index (χ2v) is 4.87. The fourth-order valence-electron chi connectivity index (χ4n) is 1.92. The number of carbonyl (C=O) groups excluding carboxylic acids is 1. The van der Waals surface area contributed by atoms with Crippen LogP contribution in [0.4, 0.5) is 5.69 Å². The molecule has 0 bridgehead atoms. The van der Waals surface area contributed by atoms with E-state index in [1.54, 1.807) is 0 Å². The quantitative estimate of drug-likeness (QED) is 0.826. The zero-order chi connectivity index (χ0) is 11.9. The average Bonchev–Trinajstić information content (AvgIpc) is 3.10. The number of nitrogens with one attached hydrogen (secondary N) is 1. The van der Waals surface area contributed by atoms with Crippen LogP contribution in [0, 0.1) is 5.92 Å². The first-order chi connectivity index (χ1) is 8.17. The molecular formula is C13H15NO3. The summed E-state index contributed by atoms with van der Waals surface area (Å²) < 4.78 is 5.01. The number of aliphatic hydroxyl groups is 1. The molecule has 1 aliphatic carbocycles. The molecule has 1 aromatic rings. The van der Waals surface area contributed by atoms with Gasteiger partial charge >= 0.3 is 0 Å². The van der Waals surface area contributed by atoms with Gasteiger partial charge in [0.1, 0.15) is 5.60 Å². The summed E-state index contributed by atoms with van der Waals surface area (Å²) in [5.41, 5.74) is 0.793. The number of carbonyl (C=O) groups is 1. The Labute approximate surface area is 99.6 Å². The molecule has 90 valence electrons. The molecule has 2 fully saturated rings. The van der Waals surface area contributed by atoms with Gasteiger partial charge in [-0.1, -0.05) is 12.1 Å². The zero-order valence-electron chi connectivity index (χ0n) is 9.48. The van der Waals surface area contributed by atoms with E-state index in [0.29, 0.717) is 13.2 Å². The van der Waals surface area contributed by atoms with E-state index in [9.17, 15) is 9.90 Å². The molecule has 0 spiro atoms. The Morgan fingerprint density at radius 2 is 1.94 bits per heavy atom. The third-order valence-corrected chi connectivity index (χ3v) is 3.32. The highest BCUT2D eigenvalue weighted by molar-refractivity contribution is 5.94. The molecule has 1 amide bonds. The maximum absolute atomic E-state index is 11.5. The Balaban J connectivity index is 1.69. The van der Waals surface area contributed by atoms with Crippen LogP contribution in [0.1, 0.15) is 18.4 Å². The van der Waals surface area contributed by atoms with E-state index < -0.39 is 5.60 Å². The smallest absolute Gasteiger partial charge is 0.227 e. The van der Waals surface area contributed by atoms with Crippen LogP contribution in [0.25, 0.3) is 0 Å². The van der Waals surface area contributed by atoms with Gasteiger partial charge in [-0.2, -0.15) is 0 Å². The zero-order valence-corrected chi connectivity index (χ0v) is 9.48. The number of rotatable bonds is 3. The predicted molar refractivity (Wildman–Crippen MR) is 62.5 cm³/mol. The Hall–Kier alpha value is -1.39. The minimum absolute atomic E-state index is 0.100. The summed E-state index contributed by atoms with van der Waals surface area (Å²) in [6.07, 6.45) is 2.00. The van der Waals surface area contributed by atoms with Crippen LogP contribution in [-0.2, 0) is 15.1 Å². The lowest BCUT2D eigenvalue weighted by atomic mass is 9.92. The number of ether oxygens (including phenoxy) is 1. The number of hydrogen-bond donors (Lipinski definition) is 2. The maximum atomic E-state index is 11.5. The Morgan fingerprint density at radius 1 is 1.29 bits per heavy atom. The summed E-state index contributed by atoms with van der Waals surface area (Å²) in [6, 6.07) is 7.33. The first-order valence-corrected chi connectivity index (χ1v) is 5.89. The Kier molecular flexibility index (Phi) is 2.42. The van der Waals surface area contributed by atoms with Crippen LogP contribution >= 0.6 is 0 Å². The molecule has 17 heavy (non-hydrogen) atoms. The van der Waals surface area contributed by atoms with Gasteiger partial charge < -0.3 is 15.2 Å². The summed E-state index contributed by atoms with van der Waals surface area (Å²) in [7, 11) is 0. The van der Waals surface area contributed by atoms with Gasteiger partial charge in [-0.15, -0.1) is 0 Å². The molecule has 3 rings (SSSR count). The standard InChI is InChI=1S/C13H15NO3/c15-12(9-1-2-9)14-11-5-3-10(4-6-11)13(16)7-17-8-13/h3-6,9,16H,1-2,7-8H2,(H,14,15). The highest BCUT2D eigenvalue weighted by atomic mass is 16.5. The first-order valence-electron chi connectivity index (χ1n) is 5.89. The summed E-state index contributed by atoms with van der Waals surface area (Å²) >= 11 is 0. The van der Waals surface area contributed by atoms with E-state index in [-0.39, 0.29) is 11.8 Å². The summed E-state index contributed by atoms with van der Waals surface area (Å²) in [6.45, 7) is 0.696. The molecule has 1 aromatic carbocycles. The lowest BCUT2D eigenvalue weighted by Crippen LogP contribution is -2.46. The molecule has 0 radical (unpaired) electrons. The number of amides is 1. The highest BCUT2D eigenvalue weighted by Gasteiger charge is 2.37. The SMILES string of the molecule is O=C(Nc1ccc(C2(O)COC2)cc1)C1CC1. The van der Waals surface area contributed by atoms with Crippen molar-refractivity contribution in [3.63, 3.8) is 0 Å². The van der Waals surface area contributed by atoms with Crippen molar-refractivity contribution in [1.82, 2.24) is 0 Å². The van der Waals surface area contributed by atoms with Crippen LogP contribution in [-0.4, -0.2) is 24.2 Å². The summed E-state index contributed by atoms with van der Waals surface area (Å²) in [5.74, 6) is 0.308. The van der Waals surface area contributed by atoms with Crippen LogP contribution in [0.5, 0.6) is 0 Å². The highest BCUT2D eigenvalue weighted by Crippen LogP contribution is 2.32. The van der Waals surface area contributed by atoms with Crippen LogP contribution in [0.3, 0.4) is 0 Å². The van der Waals surface area contributed by atoms with E-state index in [0.717, 1.165) is 24.1 Å². The fraction of sp³-hybridized carbons (Fsp3) is 0.462. The van der Waals surface area contributed by atoms with E-state index in [1.165, 1.54) is 0 Å². The van der Waals surface area contributed by atoms with Crippen molar-refractivity contribution in [2.45, 2.75) is 18.4 Å². The normalized spacial score (nSPS) is 21.7. The molecule has 1 saturated carbocycles. The third-order valence-electron chi connectivity index (χ3n) is 3.32. The van der Waals surface area contributed by atoms with Crippen molar-refractivity contribution in [2.24, 2.45) is 5.92 Å². The van der Waals surface area contributed by atoms with Gasteiger partial charge in [0.25, 0.3) is 0 Å². The number of benzene rings is 1. The average molecular weight is 233 g/mol. The van der Waals surface area contributed by atoms with E-state index >= 15 is 0 Å². The second-order valence-electron chi connectivity index (χ2n) is 4.87. The number of hydrogen-bond acceptors (Lipinski definition) is 3.